The number of nitrogens with zero attached hydrogens (tertiary/aromatic N) is 1. The summed E-state index contributed by atoms with van der Waals surface area (Å²) in [5, 5.41) is 10.1. The van der Waals surface area contributed by atoms with Gasteiger partial charge in [0.25, 0.3) is 0 Å². The van der Waals surface area contributed by atoms with E-state index >= 15 is 0 Å². The first-order valence-corrected chi connectivity index (χ1v) is 10.1. The van der Waals surface area contributed by atoms with Crippen LogP contribution in [0.2, 0.25) is 0 Å². The molecule has 0 saturated heterocycles. The Labute approximate surface area is 162 Å². The average molecular weight is 378 g/mol. The molecule has 1 unspecified atom stereocenters. The van der Waals surface area contributed by atoms with Gasteiger partial charge in [-0.2, -0.15) is 0 Å². The number of allylic oxidation sites excluding steroid dienone is 3. The van der Waals surface area contributed by atoms with Gasteiger partial charge in [-0.05, 0) is 48.0 Å². The fourth-order valence-electron chi connectivity index (χ4n) is 4.01. The highest BCUT2D eigenvalue weighted by Gasteiger charge is 2.32. The van der Waals surface area contributed by atoms with E-state index in [1.54, 1.807) is 6.07 Å². The summed E-state index contributed by atoms with van der Waals surface area (Å²) in [6, 6.07) is 3.79. The minimum Gasteiger partial charge on any atom is -0.376 e. The van der Waals surface area contributed by atoms with Crippen LogP contribution in [0.4, 0.5) is 8.78 Å². The van der Waals surface area contributed by atoms with E-state index in [0.717, 1.165) is 48.6 Å². The SMILES string of the molecule is CCCCCC1=C(C(C)C)N(CO)C(C(C)C)C=C1c1ccc(F)cc1F. The maximum atomic E-state index is 14.7. The monoisotopic (exact) mass is 377 g/mol. The Bertz CT molecular complexity index is 706. The van der Waals surface area contributed by atoms with Crippen molar-refractivity contribution in [1.82, 2.24) is 4.90 Å². The predicted molar refractivity (Wildman–Crippen MR) is 108 cm³/mol. The zero-order valence-electron chi connectivity index (χ0n) is 17.2. The summed E-state index contributed by atoms with van der Waals surface area (Å²) in [5.74, 6) is -0.646. The quantitative estimate of drug-likeness (QED) is 0.551. The normalized spacial score (nSPS) is 17.9. The van der Waals surface area contributed by atoms with Gasteiger partial charge in [-0.1, -0.05) is 53.5 Å². The topological polar surface area (TPSA) is 23.5 Å². The van der Waals surface area contributed by atoms with Crippen molar-refractivity contribution in [1.29, 1.82) is 0 Å². The van der Waals surface area contributed by atoms with Crippen LogP contribution >= 0.6 is 0 Å². The Morgan fingerprint density at radius 1 is 1.11 bits per heavy atom. The van der Waals surface area contributed by atoms with Gasteiger partial charge in [0.05, 0.1) is 6.04 Å². The van der Waals surface area contributed by atoms with Gasteiger partial charge < -0.3 is 10.0 Å². The molecule has 1 aliphatic rings. The molecule has 1 aliphatic heterocycles. The fourth-order valence-corrected chi connectivity index (χ4v) is 4.01. The van der Waals surface area contributed by atoms with E-state index in [0.29, 0.717) is 5.56 Å². The Morgan fingerprint density at radius 3 is 2.33 bits per heavy atom. The van der Waals surface area contributed by atoms with E-state index in [4.69, 9.17) is 0 Å². The van der Waals surface area contributed by atoms with Crippen LogP contribution in [0, 0.1) is 23.5 Å². The molecule has 0 amide bonds. The Morgan fingerprint density at radius 2 is 1.81 bits per heavy atom. The van der Waals surface area contributed by atoms with Crippen molar-refractivity contribution in [3.63, 3.8) is 0 Å². The van der Waals surface area contributed by atoms with Crippen molar-refractivity contribution in [2.45, 2.75) is 66.3 Å². The van der Waals surface area contributed by atoms with Gasteiger partial charge in [0.2, 0.25) is 0 Å². The van der Waals surface area contributed by atoms with Gasteiger partial charge in [-0.25, -0.2) is 8.78 Å². The lowest BCUT2D eigenvalue weighted by molar-refractivity contribution is 0.0874. The Hall–Kier alpha value is -1.68. The van der Waals surface area contributed by atoms with Gasteiger partial charge in [0, 0.05) is 17.3 Å². The number of aliphatic hydroxyl groups excluding tert-OH is 1. The van der Waals surface area contributed by atoms with Crippen LogP contribution in [0.1, 0.15) is 65.9 Å². The fraction of sp³-hybridized carbons (Fsp3) is 0.565. The highest BCUT2D eigenvalue weighted by Crippen LogP contribution is 2.41. The van der Waals surface area contributed by atoms with Crippen LogP contribution in [0.15, 0.2) is 35.5 Å². The van der Waals surface area contributed by atoms with Gasteiger partial charge >= 0.3 is 0 Å². The molecule has 27 heavy (non-hydrogen) atoms. The molecule has 150 valence electrons. The van der Waals surface area contributed by atoms with Crippen LogP contribution in [-0.4, -0.2) is 22.8 Å². The summed E-state index contributed by atoms with van der Waals surface area (Å²) in [7, 11) is 0. The molecule has 2 rings (SSSR count). The lowest BCUT2D eigenvalue weighted by atomic mass is 9.82. The highest BCUT2D eigenvalue weighted by molar-refractivity contribution is 5.81. The molecule has 1 heterocycles. The van der Waals surface area contributed by atoms with E-state index in [9.17, 15) is 13.9 Å². The smallest absolute Gasteiger partial charge is 0.133 e. The van der Waals surface area contributed by atoms with Gasteiger partial charge in [0.15, 0.2) is 0 Å². The lowest BCUT2D eigenvalue weighted by Gasteiger charge is -2.42. The summed E-state index contributed by atoms with van der Waals surface area (Å²) in [4.78, 5) is 2.04. The van der Waals surface area contributed by atoms with Gasteiger partial charge in [-0.15, -0.1) is 0 Å². The maximum Gasteiger partial charge on any atom is 0.133 e. The minimum absolute atomic E-state index is 0.0261. The molecule has 0 spiro atoms. The largest absolute Gasteiger partial charge is 0.376 e. The van der Waals surface area contributed by atoms with Crippen molar-refractivity contribution < 1.29 is 13.9 Å². The second-order valence-corrected chi connectivity index (χ2v) is 8.03. The molecule has 0 radical (unpaired) electrons. The first-order valence-electron chi connectivity index (χ1n) is 10.1. The van der Waals surface area contributed by atoms with E-state index < -0.39 is 11.6 Å². The molecule has 0 aromatic heterocycles. The molecule has 1 atom stereocenters. The van der Waals surface area contributed by atoms with Crippen LogP contribution in [0.5, 0.6) is 0 Å². The van der Waals surface area contributed by atoms with Gasteiger partial charge in [-0.3, -0.25) is 0 Å². The first-order chi connectivity index (χ1) is 12.8. The minimum atomic E-state index is -0.564. The summed E-state index contributed by atoms with van der Waals surface area (Å²) in [6.45, 7) is 10.5. The average Bonchev–Trinajstić information content (AvgIpc) is 2.60. The third-order valence-electron chi connectivity index (χ3n) is 5.27. The van der Waals surface area contributed by atoms with E-state index in [2.05, 4.69) is 40.7 Å². The zero-order valence-corrected chi connectivity index (χ0v) is 17.2. The third kappa shape index (κ3) is 4.78. The Kier molecular flexibility index (Phi) is 7.60. The third-order valence-corrected chi connectivity index (χ3v) is 5.27. The summed E-state index contributed by atoms with van der Waals surface area (Å²) in [6.07, 6.45) is 6.09. The van der Waals surface area contributed by atoms with Crippen molar-refractivity contribution in [2.24, 2.45) is 11.8 Å². The number of hydrogen-bond donors (Lipinski definition) is 1. The van der Waals surface area contributed by atoms with Gasteiger partial charge in [0.1, 0.15) is 18.4 Å². The molecule has 0 saturated carbocycles. The summed E-state index contributed by atoms with van der Waals surface area (Å²) >= 11 is 0. The summed E-state index contributed by atoms with van der Waals surface area (Å²) in [5.41, 5.74) is 3.46. The molecule has 4 heteroatoms. The molecule has 1 N–H and O–H groups in total. The zero-order chi connectivity index (χ0) is 20.1. The number of hydrogen-bond acceptors (Lipinski definition) is 2. The van der Waals surface area contributed by atoms with Crippen molar-refractivity contribution in [3.8, 4) is 0 Å². The molecule has 1 aromatic rings. The molecular weight excluding hydrogens is 344 g/mol. The maximum absolute atomic E-state index is 14.7. The molecule has 0 fully saturated rings. The number of halogens is 2. The molecular formula is C23H33F2NO. The van der Waals surface area contributed by atoms with Crippen molar-refractivity contribution in [3.05, 3.63) is 52.7 Å². The number of rotatable bonds is 8. The summed E-state index contributed by atoms with van der Waals surface area (Å²) < 4.78 is 28.1. The van der Waals surface area contributed by atoms with E-state index in [-0.39, 0.29) is 24.6 Å². The van der Waals surface area contributed by atoms with Crippen LogP contribution in [0.3, 0.4) is 0 Å². The van der Waals surface area contributed by atoms with Crippen LogP contribution in [0.25, 0.3) is 5.57 Å². The second kappa shape index (κ2) is 9.50. The number of unbranched alkanes of at least 4 members (excludes halogenated alkanes) is 2. The van der Waals surface area contributed by atoms with E-state index in [1.807, 2.05) is 4.90 Å². The van der Waals surface area contributed by atoms with Crippen LogP contribution in [-0.2, 0) is 0 Å². The molecule has 2 nitrogen and oxygen atoms in total. The molecule has 1 aromatic carbocycles. The van der Waals surface area contributed by atoms with E-state index in [1.165, 1.54) is 6.07 Å². The molecule has 0 aliphatic carbocycles. The number of benzene rings is 1. The van der Waals surface area contributed by atoms with Crippen LogP contribution < -0.4 is 0 Å². The number of aliphatic hydroxyl groups is 1. The second-order valence-electron chi connectivity index (χ2n) is 8.03. The highest BCUT2D eigenvalue weighted by atomic mass is 19.1. The molecule has 0 bridgehead atoms. The Balaban J connectivity index is 2.65. The standard InChI is InChI=1S/C23H33F2NO/c1-6-7-8-9-19-20(18-11-10-17(24)12-21(18)25)13-22(15(2)3)26(14-27)23(19)16(4)5/h10-13,15-16,22,27H,6-9,14H2,1-5H3. The van der Waals surface area contributed by atoms with Crippen molar-refractivity contribution in [2.75, 3.05) is 6.73 Å². The predicted octanol–water partition coefficient (Wildman–Crippen LogP) is 6.13. The lowest BCUT2D eigenvalue weighted by Crippen LogP contribution is -2.42. The first kappa shape index (κ1) is 21.6. The van der Waals surface area contributed by atoms with Crippen molar-refractivity contribution >= 4 is 5.57 Å².